The van der Waals surface area contributed by atoms with E-state index in [0.717, 1.165) is 37.1 Å². The Kier molecular flexibility index (Phi) is 23.2. The fourth-order valence-corrected chi connectivity index (χ4v) is 5.72. The zero-order valence-electron chi connectivity index (χ0n) is 32.2. The molecule has 0 saturated carbocycles. The SMILES string of the molecule is C=C/C=C\c1cccc(C)c1C.C=C/C=C\c1cccc(NC(=C)C(CCCCCC(=C)C)(CCCCCC(=C)C)C(=C)C)c1C.CC. The molecule has 1 heteroatoms. The molecule has 1 nitrogen and oxygen atoms in total. The summed E-state index contributed by atoms with van der Waals surface area (Å²) in [6.45, 7) is 41.5. The number of rotatable bonds is 20. The van der Waals surface area contributed by atoms with Gasteiger partial charge in [-0.25, -0.2) is 0 Å². The average Bonchev–Trinajstić information content (AvgIpc) is 3.05. The summed E-state index contributed by atoms with van der Waals surface area (Å²) in [5.41, 5.74) is 12.2. The second kappa shape index (κ2) is 25.2. The maximum Gasteiger partial charge on any atom is 0.0417 e. The van der Waals surface area contributed by atoms with Gasteiger partial charge in [-0.1, -0.05) is 149 Å². The Morgan fingerprint density at radius 3 is 1.54 bits per heavy atom. The van der Waals surface area contributed by atoms with Crippen molar-refractivity contribution in [2.45, 2.75) is 120 Å². The highest BCUT2D eigenvalue weighted by Gasteiger charge is 2.33. The van der Waals surface area contributed by atoms with Gasteiger partial charge in [0.15, 0.2) is 0 Å². The van der Waals surface area contributed by atoms with E-state index in [1.165, 1.54) is 83.1 Å². The smallest absolute Gasteiger partial charge is 0.0417 e. The monoisotopic (exact) mass is 648 g/mol. The zero-order chi connectivity index (χ0) is 36.5. The van der Waals surface area contributed by atoms with Crippen LogP contribution in [0.5, 0.6) is 0 Å². The van der Waals surface area contributed by atoms with Crippen molar-refractivity contribution in [2.75, 3.05) is 5.32 Å². The van der Waals surface area contributed by atoms with Crippen LogP contribution in [0.1, 0.15) is 127 Å². The summed E-state index contributed by atoms with van der Waals surface area (Å²) in [6.07, 6.45) is 23.3. The summed E-state index contributed by atoms with van der Waals surface area (Å²) in [6, 6.07) is 12.7. The highest BCUT2D eigenvalue weighted by atomic mass is 14.9. The molecule has 0 radical (unpaired) electrons. The summed E-state index contributed by atoms with van der Waals surface area (Å²) < 4.78 is 0. The number of aryl methyl sites for hydroxylation is 1. The Hall–Kier alpha value is -3.84. The van der Waals surface area contributed by atoms with Crippen LogP contribution in [-0.2, 0) is 0 Å². The van der Waals surface area contributed by atoms with Crippen LogP contribution >= 0.6 is 0 Å². The Bertz CT molecular complexity index is 1350. The van der Waals surface area contributed by atoms with Gasteiger partial charge in [-0.15, -0.1) is 13.2 Å². The molecule has 0 aromatic heterocycles. The molecular formula is C47H69N. The molecule has 1 N–H and O–H groups in total. The summed E-state index contributed by atoms with van der Waals surface area (Å²) in [7, 11) is 0. The minimum Gasteiger partial charge on any atom is -0.358 e. The number of hydrogen-bond donors (Lipinski definition) is 1. The summed E-state index contributed by atoms with van der Waals surface area (Å²) in [4.78, 5) is 0. The van der Waals surface area contributed by atoms with E-state index in [-0.39, 0.29) is 5.41 Å². The summed E-state index contributed by atoms with van der Waals surface area (Å²) in [5.74, 6) is 0. The first-order valence-corrected chi connectivity index (χ1v) is 18.0. The fraction of sp³-hybridized carbons (Fsp3) is 0.404. The van der Waals surface area contributed by atoms with E-state index in [2.05, 4.69) is 135 Å². The molecule has 0 unspecified atom stereocenters. The van der Waals surface area contributed by atoms with Gasteiger partial charge in [-0.2, -0.15) is 0 Å². The molecule has 0 bridgehead atoms. The van der Waals surface area contributed by atoms with Crippen molar-refractivity contribution in [2.24, 2.45) is 5.41 Å². The highest BCUT2D eigenvalue weighted by Crippen LogP contribution is 2.44. The van der Waals surface area contributed by atoms with Gasteiger partial charge in [0.1, 0.15) is 0 Å². The van der Waals surface area contributed by atoms with Gasteiger partial charge in [0.25, 0.3) is 0 Å². The zero-order valence-corrected chi connectivity index (χ0v) is 32.2. The first kappa shape index (κ1) is 44.2. The Balaban J connectivity index is 0.00000131. The lowest BCUT2D eigenvalue weighted by atomic mass is 9.70. The van der Waals surface area contributed by atoms with E-state index < -0.39 is 0 Å². The molecule has 0 saturated heterocycles. The topological polar surface area (TPSA) is 12.0 Å². The van der Waals surface area contributed by atoms with E-state index in [1.54, 1.807) is 6.08 Å². The van der Waals surface area contributed by atoms with Gasteiger partial charge in [-0.3, -0.25) is 0 Å². The molecule has 262 valence electrons. The Labute approximate surface area is 297 Å². The second-order valence-electron chi connectivity index (χ2n) is 13.0. The third-order valence-electron chi connectivity index (χ3n) is 8.94. The first-order valence-electron chi connectivity index (χ1n) is 18.0. The van der Waals surface area contributed by atoms with Crippen molar-refractivity contribution in [1.29, 1.82) is 0 Å². The van der Waals surface area contributed by atoms with E-state index in [9.17, 15) is 0 Å². The van der Waals surface area contributed by atoms with Gasteiger partial charge < -0.3 is 5.32 Å². The van der Waals surface area contributed by atoms with Crippen LogP contribution in [0.3, 0.4) is 0 Å². The standard InChI is InChI=1S/C33H49N.C12H14.C2H6/c1-10-11-21-31-22-18-23-32(29(31)8)34-30(9)33(28(6)7,24-16-12-14-19-26(2)3)25-17-13-15-20-27(4)5;1-4-5-8-12-9-6-7-10(2)11(12)3;1-2/h10-11,18,21-23,34H,1-2,4,6,9,12-17,19-20,24-25H2,3,5,7-8H3;4-9H,1H2,2-3H3;1-2H3/b21-11-;8-5-;. The second-order valence-corrected chi connectivity index (χ2v) is 13.0. The molecule has 0 spiro atoms. The van der Waals surface area contributed by atoms with Crippen molar-refractivity contribution in [3.05, 3.63) is 150 Å². The van der Waals surface area contributed by atoms with Crippen molar-refractivity contribution in [1.82, 2.24) is 0 Å². The van der Waals surface area contributed by atoms with E-state index in [0.29, 0.717) is 0 Å². The van der Waals surface area contributed by atoms with Gasteiger partial charge in [0, 0.05) is 16.8 Å². The predicted molar refractivity (Wildman–Crippen MR) is 223 cm³/mol. The van der Waals surface area contributed by atoms with Crippen molar-refractivity contribution >= 4 is 17.8 Å². The molecule has 2 aromatic carbocycles. The molecule has 2 aromatic rings. The van der Waals surface area contributed by atoms with Crippen LogP contribution in [0.4, 0.5) is 5.69 Å². The number of benzene rings is 2. The van der Waals surface area contributed by atoms with Crippen LogP contribution in [-0.4, -0.2) is 0 Å². The molecule has 48 heavy (non-hydrogen) atoms. The van der Waals surface area contributed by atoms with Crippen molar-refractivity contribution in [3.8, 4) is 0 Å². The van der Waals surface area contributed by atoms with Gasteiger partial charge in [0.2, 0.25) is 0 Å². The lowest BCUT2D eigenvalue weighted by molar-refractivity contribution is 0.336. The van der Waals surface area contributed by atoms with Crippen LogP contribution in [0.2, 0.25) is 0 Å². The fourth-order valence-electron chi connectivity index (χ4n) is 5.72. The summed E-state index contributed by atoms with van der Waals surface area (Å²) in [5, 5.41) is 3.72. The average molecular weight is 648 g/mol. The van der Waals surface area contributed by atoms with Gasteiger partial charge >= 0.3 is 0 Å². The maximum atomic E-state index is 4.60. The van der Waals surface area contributed by atoms with Gasteiger partial charge in [-0.05, 0) is 114 Å². The predicted octanol–water partition coefficient (Wildman–Crippen LogP) is 15.3. The van der Waals surface area contributed by atoms with Crippen LogP contribution in [0.25, 0.3) is 12.2 Å². The first-order chi connectivity index (χ1) is 22.9. The van der Waals surface area contributed by atoms with Crippen molar-refractivity contribution in [3.63, 3.8) is 0 Å². The van der Waals surface area contributed by atoms with Crippen LogP contribution < -0.4 is 5.32 Å². The number of allylic oxidation sites excluding steroid dienone is 7. The highest BCUT2D eigenvalue weighted by molar-refractivity contribution is 5.66. The molecule has 0 heterocycles. The largest absolute Gasteiger partial charge is 0.358 e. The minimum atomic E-state index is -0.105. The maximum absolute atomic E-state index is 4.60. The van der Waals surface area contributed by atoms with Crippen LogP contribution in [0, 0.1) is 26.2 Å². The summed E-state index contributed by atoms with van der Waals surface area (Å²) >= 11 is 0. The van der Waals surface area contributed by atoms with E-state index in [4.69, 9.17) is 0 Å². The van der Waals surface area contributed by atoms with E-state index in [1.807, 2.05) is 32.1 Å². The lowest BCUT2D eigenvalue weighted by Crippen LogP contribution is -2.29. The molecule has 0 aliphatic carbocycles. The molecule has 2 rings (SSSR count). The lowest BCUT2D eigenvalue weighted by Gasteiger charge is -2.38. The number of hydrogen-bond acceptors (Lipinski definition) is 1. The van der Waals surface area contributed by atoms with Gasteiger partial charge in [0.05, 0.1) is 0 Å². The van der Waals surface area contributed by atoms with Crippen molar-refractivity contribution < 1.29 is 0 Å². The quantitative estimate of drug-likeness (QED) is 0.0856. The normalized spacial score (nSPS) is 10.8. The third kappa shape index (κ3) is 16.3. The number of nitrogens with one attached hydrogen (secondary N) is 1. The Morgan fingerprint density at radius 2 is 1.10 bits per heavy atom. The molecule has 0 aliphatic rings. The number of anilines is 1. The molecule has 0 atom stereocenters. The van der Waals surface area contributed by atoms with E-state index >= 15 is 0 Å². The molecule has 0 aliphatic heterocycles. The Morgan fingerprint density at radius 1 is 0.646 bits per heavy atom. The van der Waals surface area contributed by atoms with Crippen LogP contribution in [0.15, 0.2) is 123 Å². The third-order valence-corrected chi connectivity index (χ3v) is 8.94. The molecule has 0 fully saturated rings. The molecular weight excluding hydrogens is 579 g/mol. The number of unbranched alkanes of at least 4 members (excludes halogenated alkanes) is 4. The molecule has 0 amide bonds. The minimum absolute atomic E-state index is 0.105.